The van der Waals surface area contributed by atoms with Gasteiger partial charge < -0.3 is 9.64 Å². The third kappa shape index (κ3) is 4.14. The fraction of sp³-hybridized carbons (Fsp3) is 0.583. The van der Waals surface area contributed by atoms with Gasteiger partial charge in [0.2, 0.25) is 0 Å². The number of halogens is 2. The number of alkyl halides is 2. The normalized spacial score (nSPS) is 24.5. The summed E-state index contributed by atoms with van der Waals surface area (Å²) in [5.41, 5.74) is 3.81. The summed E-state index contributed by atoms with van der Waals surface area (Å²) < 4.78 is 33.8. The molecule has 0 saturated carbocycles. The molecule has 34 heavy (non-hydrogen) atoms. The fourth-order valence-corrected chi connectivity index (χ4v) is 6.51. The van der Waals surface area contributed by atoms with E-state index < -0.39 is 5.92 Å². The molecular weight excluding hydrogens is 460 g/mol. The minimum absolute atomic E-state index is 0.00755. The van der Waals surface area contributed by atoms with Crippen molar-refractivity contribution in [3.8, 4) is 11.3 Å². The second-order valence-corrected chi connectivity index (χ2v) is 10.6. The predicted molar refractivity (Wildman–Crippen MR) is 125 cm³/mol. The van der Waals surface area contributed by atoms with Crippen molar-refractivity contribution in [3.05, 3.63) is 35.5 Å². The number of fused-ring (bicyclic) bond motifs is 3. The highest BCUT2D eigenvalue weighted by molar-refractivity contribution is 7.98. The zero-order valence-corrected chi connectivity index (χ0v) is 19.9. The topological polar surface area (TPSA) is 53.8 Å². The van der Waals surface area contributed by atoms with E-state index in [0.717, 1.165) is 48.6 Å². The van der Waals surface area contributed by atoms with Crippen molar-refractivity contribution >= 4 is 17.7 Å². The summed E-state index contributed by atoms with van der Waals surface area (Å²) in [6.45, 7) is 5.23. The molecule has 2 aromatic rings. The van der Waals surface area contributed by atoms with Crippen molar-refractivity contribution in [2.24, 2.45) is 0 Å². The summed E-state index contributed by atoms with van der Waals surface area (Å²) in [5.74, 6) is -1.79. The first-order valence-electron chi connectivity index (χ1n) is 12.0. The van der Waals surface area contributed by atoms with Crippen LogP contribution in [0.25, 0.3) is 11.3 Å². The predicted octanol–water partition coefficient (Wildman–Crippen LogP) is 2.83. The first kappa shape index (κ1) is 22.5. The van der Waals surface area contributed by atoms with Gasteiger partial charge in [0.15, 0.2) is 5.69 Å². The summed E-state index contributed by atoms with van der Waals surface area (Å²) in [7, 11) is 0. The fourth-order valence-electron chi connectivity index (χ4n) is 5.45. The van der Waals surface area contributed by atoms with E-state index in [1.165, 1.54) is 4.90 Å². The lowest BCUT2D eigenvalue weighted by molar-refractivity contribution is -0.131. The van der Waals surface area contributed by atoms with Crippen molar-refractivity contribution in [1.29, 1.82) is 0 Å². The van der Waals surface area contributed by atoms with Gasteiger partial charge in [0, 0.05) is 61.0 Å². The Kier molecular flexibility index (Phi) is 5.87. The number of likely N-dealkylation sites (tertiary alicyclic amines) is 2. The second kappa shape index (κ2) is 8.89. The number of morpholine rings is 1. The minimum Gasteiger partial charge on any atom is -0.378 e. The maximum absolute atomic E-state index is 13.5. The number of carbonyl (C=O) groups excluding carboxylic acids is 1. The zero-order chi connectivity index (χ0) is 23.3. The Morgan fingerprint density at radius 3 is 2.68 bits per heavy atom. The van der Waals surface area contributed by atoms with Crippen molar-refractivity contribution in [2.45, 2.75) is 29.0 Å². The molecule has 1 aromatic heterocycles. The molecule has 4 aliphatic heterocycles. The molecule has 0 aliphatic carbocycles. The Hall–Kier alpha value is -2.01. The standard InChI is InChI=1S/C24H29F2N5O2S/c25-24(26)15-29(16-24)8-7-28-6-5-17(13-28)31-22-18-3-1-2-4-20(18)34-14-19(22)21(27-31)23(32)30-9-11-33-12-10-30/h1-4,17H,5-16H2. The molecule has 3 saturated heterocycles. The number of amides is 1. The second-order valence-electron chi connectivity index (χ2n) is 9.62. The van der Waals surface area contributed by atoms with Crippen LogP contribution in [0.5, 0.6) is 0 Å². The third-order valence-corrected chi connectivity index (χ3v) is 8.36. The van der Waals surface area contributed by atoms with Crippen LogP contribution < -0.4 is 0 Å². The molecular formula is C24H29F2N5O2S. The molecule has 10 heteroatoms. The lowest BCUT2D eigenvalue weighted by Crippen LogP contribution is -2.57. The summed E-state index contributed by atoms with van der Waals surface area (Å²) in [6, 6.07) is 8.51. The van der Waals surface area contributed by atoms with Gasteiger partial charge in [-0.3, -0.25) is 19.3 Å². The molecule has 0 N–H and O–H groups in total. The summed E-state index contributed by atoms with van der Waals surface area (Å²) >= 11 is 1.76. The van der Waals surface area contributed by atoms with E-state index >= 15 is 0 Å². The molecule has 3 fully saturated rings. The first-order valence-corrected chi connectivity index (χ1v) is 13.0. The number of thioether (sulfide) groups is 1. The molecule has 4 aliphatic rings. The van der Waals surface area contributed by atoms with Crippen LogP contribution in [-0.4, -0.2) is 102 Å². The largest absolute Gasteiger partial charge is 0.378 e. The van der Waals surface area contributed by atoms with E-state index in [1.54, 1.807) is 11.8 Å². The van der Waals surface area contributed by atoms with Gasteiger partial charge in [-0.2, -0.15) is 5.10 Å². The van der Waals surface area contributed by atoms with Gasteiger partial charge >= 0.3 is 0 Å². The van der Waals surface area contributed by atoms with Crippen LogP contribution in [0.3, 0.4) is 0 Å². The van der Waals surface area contributed by atoms with Gasteiger partial charge in [-0.05, 0) is 12.5 Å². The Labute approximate surface area is 202 Å². The smallest absolute Gasteiger partial charge is 0.274 e. The molecule has 1 atom stereocenters. The van der Waals surface area contributed by atoms with Crippen LogP contribution in [0.1, 0.15) is 28.5 Å². The maximum atomic E-state index is 13.5. The van der Waals surface area contributed by atoms with Crippen molar-refractivity contribution in [3.63, 3.8) is 0 Å². The molecule has 0 spiro atoms. The monoisotopic (exact) mass is 489 g/mol. The minimum atomic E-state index is -2.52. The molecule has 7 nitrogen and oxygen atoms in total. The molecule has 6 rings (SSSR count). The zero-order valence-electron chi connectivity index (χ0n) is 19.1. The number of aromatic nitrogens is 2. The Morgan fingerprint density at radius 2 is 1.88 bits per heavy atom. The van der Waals surface area contributed by atoms with Crippen LogP contribution in [0.15, 0.2) is 29.2 Å². The van der Waals surface area contributed by atoms with Gasteiger partial charge in [-0.25, -0.2) is 8.78 Å². The van der Waals surface area contributed by atoms with Crippen LogP contribution in [0.2, 0.25) is 0 Å². The van der Waals surface area contributed by atoms with Crippen molar-refractivity contribution in [2.75, 3.05) is 65.6 Å². The highest BCUT2D eigenvalue weighted by Crippen LogP contribution is 2.44. The highest BCUT2D eigenvalue weighted by Gasteiger charge is 2.43. The van der Waals surface area contributed by atoms with Crippen LogP contribution in [0, 0.1) is 0 Å². The van der Waals surface area contributed by atoms with Gasteiger partial charge in [-0.1, -0.05) is 18.2 Å². The van der Waals surface area contributed by atoms with Crippen LogP contribution >= 0.6 is 11.8 Å². The first-order chi connectivity index (χ1) is 16.5. The van der Waals surface area contributed by atoms with Crippen molar-refractivity contribution in [1.82, 2.24) is 24.5 Å². The molecule has 5 heterocycles. The van der Waals surface area contributed by atoms with E-state index in [1.807, 2.05) is 21.9 Å². The number of carbonyl (C=O) groups is 1. The van der Waals surface area contributed by atoms with Gasteiger partial charge in [-0.15, -0.1) is 11.8 Å². The number of benzene rings is 1. The van der Waals surface area contributed by atoms with E-state index in [9.17, 15) is 13.6 Å². The molecule has 1 amide bonds. The molecule has 0 radical (unpaired) electrons. The van der Waals surface area contributed by atoms with Crippen molar-refractivity contribution < 1.29 is 18.3 Å². The van der Waals surface area contributed by atoms with Crippen LogP contribution in [-0.2, 0) is 10.5 Å². The SMILES string of the molecule is O=C(c1nn(C2CCN(CCN3CC(F)(F)C3)C2)c2c1CSc1ccccc1-2)N1CCOCC1. The highest BCUT2D eigenvalue weighted by atomic mass is 32.2. The summed E-state index contributed by atoms with van der Waals surface area (Å²) in [6.07, 6.45) is 0.935. The average Bonchev–Trinajstić information content (AvgIpc) is 3.46. The molecule has 0 bridgehead atoms. The van der Waals surface area contributed by atoms with E-state index in [-0.39, 0.29) is 25.0 Å². The quantitative estimate of drug-likeness (QED) is 0.644. The Balaban J connectivity index is 1.26. The molecule has 182 valence electrons. The average molecular weight is 490 g/mol. The summed E-state index contributed by atoms with van der Waals surface area (Å²) in [5, 5.41) is 4.96. The van der Waals surface area contributed by atoms with Gasteiger partial charge in [0.25, 0.3) is 11.8 Å². The van der Waals surface area contributed by atoms with Crippen LogP contribution in [0.4, 0.5) is 8.78 Å². The third-order valence-electron chi connectivity index (χ3n) is 7.26. The number of hydrogen-bond donors (Lipinski definition) is 0. The number of ether oxygens (including phenoxy) is 1. The van der Waals surface area contributed by atoms with E-state index in [0.29, 0.717) is 38.5 Å². The lowest BCUT2D eigenvalue weighted by Gasteiger charge is -2.39. The summed E-state index contributed by atoms with van der Waals surface area (Å²) in [4.78, 5) is 20.7. The Bertz CT molecular complexity index is 1080. The van der Waals surface area contributed by atoms with Gasteiger partial charge in [0.05, 0.1) is 38.0 Å². The Morgan fingerprint density at radius 1 is 1.12 bits per heavy atom. The van der Waals surface area contributed by atoms with E-state index in [4.69, 9.17) is 9.84 Å². The number of hydrogen-bond acceptors (Lipinski definition) is 6. The number of rotatable bonds is 5. The number of nitrogens with zero attached hydrogens (tertiary/aromatic N) is 5. The van der Waals surface area contributed by atoms with E-state index in [2.05, 4.69) is 21.7 Å². The van der Waals surface area contributed by atoms with Gasteiger partial charge in [0.1, 0.15) is 0 Å². The maximum Gasteiger partial charge on any atom is 0.274 e. The molecule has 1 aromatic carbocycles. The molecule has 1 unspecified atom stereocenters. The lowest BCUT2D eigenvalue weighted by atomic mass is 10.0.